The van der Waals surface area contributed by atoms with Gasteiger partial charge in [0.05, 0.1) is 12.6 Å². The van der Waals surface area contributed by atoms with Gasteiger partial charge in [-0.1, -0.05) is 31.3 Å². The summed E-state index contributed by atoms with van der Waals surface area (Å²) in [5, 5.41) is 12.7. The van der Waals surface area contributed by atoms with E-state index in [1.54, 1.807) is 24.3 Å². The van der Waals surface area contributed by atoms with Crippen LogP contribution in [-0.4, -0.2) is 46.6 Å². The summed E-state index contributed by atoms with van der Waals surface area (Å²) >= 11 is 4.92. The van der Waals surface area contributed by atoms with E-state index < -0.39 is 0 Å². The van der Waals surface area contributed by atoms with Crippen molar-refractivity contribution in [2.75, 3.05) is 25.0 Å². The molecule has 21 heavy (non-hydrogen) atoms. The number of rotatable bonds is 4. The normalized spacial score (nSPS) is 22.8. The minimum absolute atomic E-state index is 0.100. The molecule has 2 atom stereocenters. The number of hydrogen-bond donors (Lipinski definition) is 3. The number of piperidine rings is 1. The minimum atomic E-state index is -0.357. The highest BCUT2D eigenvalue weighted by Crippen LogP contribution is 2.17. The first-order valence-electron chi connectivity index (χ1n) is 7.06. The molecule has 5 nitrogen and oxygen atoms in total. The molecule has 0 aliphatic carbocycles. The lowest BCUT2D eigenvalue weighted by Gasteiger charge is -2.33. The summed E-state index contributed by atoms with van der Waals surface area (Å²) in [7, 11) is 0. The van der Waals surface area contributed by atoms with Gasteiger partial charge in [0.1, 0.15) is 4.99 Å². The van der Waals surface area contributed by atoms with E-state index in [0.29, 0.717) is 23.1 Å². The second-order valence-corrected chi connectivity index (χ2v) is 6.00. The van der Waals surface area contributed by atoms with Gasteiger partial charge in [-0.05, 0) is 31.0 Å². The molecule has 1 aliphatic rings. The average Bonchev–Trinajstić information content (AvgIpc) is 2.43. The van der Waals surface area contributed by atoms with Gasteiger partial charge in [-0.2, -0.15) is 0 Å². The zero-order chi connectivity index (χ0) is 15.4. The topological polar surface area (TPSA) is 78.6 Å². The molecule has 2 unspecified atom stereocenters. The zero-order valence-electron chi connectivity index (χ0n) is 12.1. The number of thiocarbonyl (C=S) groups is 1. The van der Waals surface area contributed by atoms with Gasteiger partial charge in [0, 0.05) is 17.8 Å². The molecule has 0 saturated carbocycles. The van der Waals surface area contributed by atoms with Gasteiger partial charge in [0.2, 0.25) is 5.91 Å². The van der Waals surface area contributed by atoms with Crippen LogP contribution in [0.1, 0.15) is 18.9 Å². The Balaban J connectivity index is 1.90. The number of nitrogens with one attached hydrogen (secondary N) is 1. The lowest BCUT2D eigenvalue weighted by Crippen LogP contribution is -2.45. The molecule has 4 N–H and O–H groups in total. The Kier molecular flexibility index (Phi) is 5.27. The quantitative estimate of drug-likeness (QED) is 0.722. The summed E-state index contributed by atoms with van der Waals surface area (Å²) in [6, 6.07) is 7.16. The van der Waals surface area contributed by atoms with E-state index in [0.717, 1.165) is 18.5 Å². The standard InChI is InChI=1S/C15H21N3O2S/c1-10-5-6-18(8-13(10)19)9-14(20)17-12-4-2-3-11(7-12)15(16)21/h2-4,7,10,13,19H,5-6,8-9H2,1H3,(H2,16,21)(H,17,20). The summed E-state index contributed by atoms with van der Waals surface area (Å²) in [5.74, 6) is 0.198. The fraction of sp³-hybridized carbons (Fsp3) is 0.467. The molecule has 0 bridgehead atoms. The molecule has 1 heterocycles. The lowest BCUT2D eigenvalue weighted by atomic mass is 9.96. The Labute approximate surface area is 130 Å². The predicted molar refractivity (Wildman–Crippen MR) is 87.2 cm³/mol. The first-order valence-corrected chi connectivity index (χ1v) is 7.46. The van der Waals surface area contributed by atoms with Crippen molar-refractivity contribution in [2.45, 2.75) is 19.4 Å². The predicted octanol–water partition coefficient (Wildman–Crippen LogP) is 0.962. The third-order valence-electron chi connectivity index (χ3n) is 3.80. The van der Waals surface area contributed by atoms with E-state index in [2.05, 4.69) is 5.32 Å². The molecule has 2 rings (SSSR count). The second kappa shape index (κ2) is 6.98. The number of aliphatic hydroxyl groups excluding tert-OH is 1. The van der Waals surface area contributed by atoms with E-state index in [4.69, 9.17) is 18.0 Å². The monoisotopic (exact) mass is 307 g/mol. The maximum atomic E-state index is 12.1. The molecular weight excluding hydrogens is 286 g/mol. The van der Waals surface area contributed by atoms with Crippen molar-refractivity contribution in [3.63, 3.8) is 0 Å². The second-order valence-electron chi connectivity index (χ2n) is 5.56. The smallest absolute Gasteiger partial charge is 0.238 e. The molecule has 1 aliphatic heterocycles. The Morgan fingerprint density at radius 1 is 1.57 bits per heavy atom. The average molecular weight is 307 g/mol. The van der Waals surface area contributed by atoms with E-state index in [1.807, 2.05) is 11.8 Å². The number of β-amino-alcohol motifs (C(OH)–C–C–N with tert-alkyl or cyclic N) is 1. The van der Waals surface area contributed by atoms with Crippen LogP contribution in [0.2, 0.25) is 0 Å². The Bertz CT molecular complexity index is 535. The molecule has 1 aromatic carbocycles. The first-order chi connectivity index (χ1) is 9.95. The van der Waals surface area contributed by atoms with Crippen molar-refractivity contribution in [2.24, 2.45) is 11.7 Å². The van der Waals surface area contributed by atoms with Gasteiger partial charge in [0.15, 0.2) is 0 Å². The third kappa shape index (κ3) is 4.49. The van der Waals surface area contributed by atoms with Gasteiger partial charge in [-0.25, -0.2) is 0 Å². The number of carbonyl (C=O) groups excluding carboxylic acids is 1. The summed E-state index contributed by atoms with van der Waals surface area (Å²) in [4.78, 5) is 14.3. The molecule has 1 amide bonds. The molecule has 6 heteroatoms. The molecule has 0 radical (unpaired) electrons. The van der Waals surface area contributed by atoms with Crippen LogP contribution in [0.15, 0.2) is 24.3 Å². The van der Waals surface area contributed by atoms with Crippen LogP contribution >= 0.6 is 12.2 Å². The molecule has 1 fully saturated rings. The van der Waals surface area contributed by atoms with Crippen molar-refractivity contribution in [3.05, 3.63) is 29.8 Å². The fourth-order valence-electron chi connectivity index (χ4n) is 2.41. The molecule has 114 valence electrons. The lowest BCUT2D eigenvalue weighted by molar-refractivity contribution is -0.118. The van der Waals surface area contributed by atoms with Crippen molar-refractivity contribution in [3.8, 4) is 0 Å². The van der Waals surface area contributed by atoms with Crippen LogP contribution < -0.4 is 11.1 Å². The van der Waals surface area contributed by atoms with Crippen molar-refractivity contribution < 1.29 is 9.90 Å². The Morgan fingerprint density at radius 2 is 2.33 bits per heavy atom. The minimum Gasteiger partial charge on any atom is -0.392 e. The zero-order valence-corrected chi connectivity index (χ0v) is 12.9. The van der Waals surface area contributed by atoms with Gasteiger partial charge < -0.3 is 16.2 Å². The number of nitrogens with two attached hydrogens (primary N) is 1. The summed E-state index contributed by atoms with van der Waals surface area (Å²) in [6.45, 7) is 3.68. The van der Waals surface area contributed by atoms with Gasteiger partial charge >= 0.3 is 0 Å². The molecule has 1 saturated heterocycles. The van der Waals surface area contributed by atoms with E-state index in [-0.39, 0.29) is 18.6 Å². The SMILES string of the molecule is CC1CCN(CC(=O)Nc2cccc(C(N)=S)c2)CC1O. The van der Waals surface area contributed by atoms with Crippen LogP contribution in [0.25, 0.3) is 0 Å². The maximum absolute atomic E-state index is 12.1. The largest absolute Gasteiger partial charge is 0.392 e. The maximum Gasteiger partial charge on any atom is 0.238 e. The fourth-order valence-corrected chi connectivity index (χ4v) is 2.54. The molecule has 0 spiro atoms. The number of likely N-dealkylation sites (tertiary alicyclic amines) is 1. The number of anilines is 1. The number of amides is 1. The van der Waals surface area contributed by atoms with Crippen molar-refractivity contribution >= 4 is 28.8 Å². The van der Waals surface area contributed by atoms with Crippen LogP contribution in [0.4, 0.5) is 5.69 Å². The van der Waals surface area contributed by atoms with E-state index in [9.17, 15) is 9.90 Å². The molecule has 1 aromatic rings. The van der Waals surface area contributed by atoms with E-state index >= 15 is 0 Å². The highest BCUT2D eigenvalue weighted by Gasteiger charge is 2.25. The highest BCUT2D eigenvalue weighted by molar-refractivity contribution is 7.80. The number of carbonyl (C=O) groups is 1. The number of hydrogen-bond acceptors (Lipinski definition) is 4. The third-order valence-corrected chi connectivity index (χ3v) is 4.04. The summed E-state index contributed by atoms with van der Waals surface area (Å²) < 4.78 is 0. The van der Waals surface area contributed by atoms with Crippen LogP contribution in [0.3, 0.4) is 0 Å². The first kappa shape index (κ1) is 15.9. The molecule has 0 aromatic heterocycles. The van der Waals surface area contributed by atoms with Gasteiger partial charge in [-0.15, -0.1) is 0 Å². The Morgan fingerprint density at radius 3 is 3.00 bits per heavy atom. The van der Waals surface area contributed by atoms with Crippen molar-refractivity contribution in [1.82, 2.24) is 4.90 Å². The number of nitrogens with zero attached hydrogens (tertiary/aromatic N) is 1. The molecular formula is C15H21N3O2S. The highest BCUT2D eigenvalue weighted by atomic mass is 32.1. The van der Waals surface area contributed by atoms with Crippen molar-refractivity contribution in [1.29, 1.82) is 0 Å². The van der Waals surface area contributed by atoms with Crippen LogP contribution in [-0.2, 0) is 4.79 Å². The number of benzene rings is 1. The summed E-state index contributed by atoms with van der Waals surface area (Å²) in [6.07, 6.45) is 0.551. The van der Waals surface area contributed by atoms with Gasteiger partial charge in [-0.3, -0.25) is 9.69 Å². The summed E-state index contributed by atoms with van der Waals surface area (Å²) in [5.41, 5.74) is 6.98. The van der Waals surface area contributed by atoms with E-state index in [1.165, 1.54) is 0 Å². The van der Waals surface area contributed by atoms with Crippen LogP contribution in [0.5, 0.6) is 0 Å². The Hall–Kier alpha value is -1.50. The van der Waals surface area contributed by atoms with Gasteiger partial charge in [0.25, 0.3) is 0 Å². The number of aliphatic hydroxyl groups is 1. The van der Waals surface area contributed by atoms with Crippen LogP contribution in [0, 0.1) is 5.92 Å².